The maximum atomic E-state index is 11.1. The molecule has 0 radical (unpaired) electrons. The van der Waals surface area contributed by atoms with Gasteiger partial charge in [-0.25, -0.2) is 0 Å². The van der Waals surface area contributed by atoms with Crippen molar-refractivity contribution in [2.24, 2.45) is 5.92 Å². The highest BCUT2D eigenvalue weighted by atomic mass is 16.5. The summed E-state index contributed by atoms with van der Waals surface area (Å²) in [6.45, 7) is 2.72. The lowest BCUT2D eigenvalue weighted by molar-refractivity contribution is -0.141. The van der Waals surface area contributed by atoms with E-state index in [1.165, 1.54) is 0 Å². The second-order valence-electron chi connectivity index (χ2n) is 4.34. The quantitative estimate of drug-likeness (QED) is 0.870. The number of methoxy groups -OCH3 is 1. The zero-order valence-electron chi connectivity index (χ0n) is 10.1. The molecule has 0 amide bonds. The van der Waals surface area contributed by atoms with E-state index in [9.17, 15) is 4.79 Å². The molecule has 0 bridgehead atoms. The monoisotopic (exact) mass is 235 g/mol. The fraction of sp³-hybridized carbons (Fsp3) is 0.462. The Kier molecular flexibility index (Phi) is 3.22. The second-order valence-corrected chi connectivity index (χ2v) is 4.34. The number of hydrogen-bond donors (Lipinski definition) is 1. The lowest BCUT2D eigenvalue weighted by Gasteiger charge is -2.26. The fourth-order valence-electron chi connectivity index (χ4n) is 2.48. The highest BCUT2D eigenvalue weighted by Crippen LogP contribution is 2.35. The van der Waals surface area contributed by atoms with Crippen LogP contribution in [0.5, 0.6) is 5.75 Å². The third-order valence-corrected chi connectivity index (χ3v) is 3.47. The molecule has 0 aromatic heterocycles. The Balaban J connectivity index is 2.27. The van der Waals surface area contributed by atoms with Gasteiger partial charge < -0.3 is 14.7 Å². The van der Waals surface area contributed by atoms with Crippen LogP contribution in [0.25, 0.3) is 0 Å². The number of nitrogens with zero attached hydrogens (tertiary/aromatic N) is 1. The van der Waals surface area contributed by atoms with Crippen molar-refractivity contribution in [3.05, 3.63) is 24.3 Å². The minimum atomic E-state index is -0.713. The summed E-state index contributed by atoms with van der Waals surface area (Å²) in [7, 11) is 1.63. The third-order valence-electron chi connectivity index (χ3n) is 3.47. The Morgan fingerprint density at radius 1 is 1.47 bits per heavy atom. The van der Waals surface area contributed by atoms with Crippen LogP contribution in [-0.2, 0) is 4.79 Å². The van der Waals surface area contributed by atoms with Crippen molar-refractivity contribution >= 4 is 11.7 Å². The maximum absolute atomic E-state index is 11.1. The van der Waals surface area contributed by atoms with Crippen LogP contribution in [0.4, 0.5) is 5.69 Å². The second kappa shape index (κ2) is 4.65. The van der Waals surface area contributed by atoms with Crippen molar-refractivity contribution in [2.75, 3.05) is 18.6 Å². The van der Waals surface area contributed by atoms with Crippen LogP contribution in [0, 0.1) is 5.92 Å². The molecule has 1 aromatic carbocycles. The first kappa shape index (κ1) is 11.8. The topological polar surface area (TPSA) is 49.8 Å². The molecule has 4 nitrogen and oxygen atoms in total. The van der Waals surface area contributed by atoms with E-state index in [2.05, 4.69) is 4.90 Å². The molecule has 1 heterocycles. The van der Waals surface area contributed by atoms with Crippen molar-refractivity contribution in [1.82, 2.24) is 0 Å². The molecule has 1 saturated heterocycles. The molecule has 2 rings (SSSR count). The van der Waals surface area contributed by atoms with Gasteiger partial charge in [0.05, 0.1) is 18.7 Å². The minimum Gasteiger partial charge on any atom is -0.495 e. The summed E-state index contributed by atoms with van der Waals surface area (Å²) in [5.41, 5.74) is 0.978. The van der Waals surface area contributed by atoms with Gasteiger partial charge in [0.2, 0.25) is 0 Å². The summed E-state index contributed by atoms with van der Waals surface area (Å²) < 4.78 is 5.31. The number of rotatable bonds is 3. The first-order valence-electron chi connectivity index (χ1n) is 5.77. The first-order chi connectivity index (χ1) is 8.15. The molecule has 1 aromatic rings. The van der Waals surface area contributed by atoms with Crippen LogP contribution >= 0.6 is 0 Å². The van der Waals surface area contributed by atoms with Gasteiger partial charge in [0, 0.05) is 12.6 Å². The summed E-state index contributed by atoms with van der Waals surface area (Å²) in [5.74, 6) is -0.208. The zero-order valence-corrected chi connectivity index (χ0v) is 10.1. The molecule has 1 aliphatic rings. The van der Waals surface area contributed by atoms with E-state index in [1.807, 2.05) is 31.2 Å². The summed E-state index contributed by atoms with van der Waals surface area (Å²) in [6, 6.07) is 7.73. The van der Waals surface area contributed by atoms with E-state index in [1.54, 1.807) is 7.11 Å². The Morgan fingerprint density at radius 3 is 2.76 bits per heavy atom. The molecule has 17 heavy (non-hydrogen) atoms. The number of anilines is 1. The molecular weight excluding hydrogens is 218 g/mol. The summed E-state index contributed by atoms with van der Waals surface area (Å²) in [4.78, 5) is 13.2. The maximum Gasteiger partial charge on any atom is 0.308 e. The smallest absolute Gasteiger partial charge is 0.308 e. The van der Waals surface area contributed by atoms with Crippen LogP contribution in [0.2, 0.25) is 0 Å². The number of para-hydroxylation sites is 2. The number of carboxylic acids is 1. The third kappa shape index (κ3) is 2.07. The Morgan fingerprint density at radius 2 is 2.18 bits per heavy atom. The molecule has 1 aliphatic heterocycles. The van der Waals surface area contributed by atoms with Crippen molar-refractivity contribution in [3.63, 3.8) is 0 Å². The van der Waals surface area contributed by atoms with E-state index in [0.29, 0.717) is 6.42 Å². The Labute approximate surface area is 101 Å². The Bertz CT molecular complexity index is 419. The van der Waals surface area contributed by atoms with Gasteiger partial charge in [0.15, 0.2) is 0 Å². The van der Waals surface area contributed by atoms with Crippen molar-refractivity contribution in [3.8, 4) is 5.75 Å². The van der Waals surface area contributed by atoms with Gasteiger partial charge in [-0.2, -0.15) is 0 Å². The normalized spacial score (nSPS) is 23.8. The van der Waals surface area contributed by atoms with E-state index in [0.717, 1.165) is 18.0 Å². The van der Waals surface area contributed by atoms with E-state index in [-0.39, 0.29) is 12.0 Å². The van der Waals surface area contributed by atoms with Gasteiger partial charge in [-0.3, -0.25) is 4.79 Å². The van der Waals surface area contributed by atoms with Gasteiger partial charge in [-0.15, -0.1) is 0 Å². The molecule has 2 atom stereocenters. The Hall–Kier alpha value is -1.71. The average Bonchev–Trinajstić information content (AvgIpc) is 2.71. The highest BCUT2D eigenvalue weighted by molar-refractivity contribution is 5.73. The summed E-state index contributed by atoms with van der Waals surface area (Å²) in [5, 5.41) is 9.12. The largest absolute Gasteiger partial charge is 0.495 e. The predicted molar refractivity (Wildman–Crippen MR) is 65.5 cm³/mol. The summed E-state index contributed by atoms with van der Waals surface area (Å²) in [6.07, 6.45) is 0.689. The van der Waals surface area contributed by atoms with Crippen LogP contribution < -0.4 is 9.64 Å². The predicted octanol–water partition coefficient (Wildman–Crippen LogP) is 1.99. The average molecular weight is 235 g/mol. The minimum absolute atomic E-state index is 0.00352. The number of hydrogen-bond acceptors (Lipinski definition) is 3. The number of benzene rings is 1. The van der Waals surface area contributed by atoms with Crippen LogP contribution in [0.3, 0.4) is 0 Å². The first-order valence-corrected chi connectivity index (χ1v) is 5.77. The standard InChI is InChI=1S/C13H17NO3/c1-9-10(13(15)16)7-8-14(9)11-5-3-4-6-12(11)17-2/h3-6,9-10H,7-8H2,1-2H3,(H,15,16). The molecule has 0 aliphatic carbocycles. The molecule has 92 valence electrons. The lowest BCUT2D eigenvalue weighted by Crippen LogP contribution is -2.33. The number of carboxylic acid groups (broad SMARTS) is 1. The van der Waals surface area contributed by atoms with Crippen LogP contribution in [0.1, 0.15) is 13.3 Å². The van der Waals surface area contributed by atoms with E-state index < -0.39 is 5.97 Å². The zero-order chi connectivity index (χ0) is 12.4. The molecule has 2 unspecified atom stereocenters. The van der Waals surface area contributed by atoms with Crippen molar-refractivity contribution in [1.29, 1.82) is 0 Å². The number of aliphatic carboxylic acids is 1. The van der Waals surface area contributed by atoms with Gasteiger partial charge in [0.25, 0.3) is 0 Å². The molecule has 1 fully saturated rings. The van der Waals surface area contributed by atoms with Gasteiger partial charge in [0.1, 0.15) is 5.75 Å². The number of ether oxygens (including phenoxy) is 1. The van der Waals surface area contributed by atoms with E-state index >= 15 is 0 Å². The van der Waals surface area contributed by atoms with Gasteiger partial charge >= 0.3 is 5.97 Å². The van der Waals surface area contributed by atoms with Crippen molar-refractivity contribution in [2.45, 2.75) is 19.4 Å². The molecular formula is C13H17NO3. The van der Waals surface area contributed by atoms with Crippen LogP contribution in [-0.4, -0.2) is 30.8 Å². The van der Waals surface area contributed by atoms with Crippen molar-refractivity contribution < 1.29 is 14.6 Å². The van der Waals surface area contributed by atoms with E-state index in [4.69, 9.17) is 9.84 Å². The molecule has 4 heteroatoms. The SMILES string of the molecule is COc1ccccc1N1CCC(C(=O)O)C1C. The van der Waals surface area contributed by atoms with Crippen LogP contribution in [0.15, 0.2) is 24.3 Å². The highest BCUT2D eigenvalue weighted by Gasteiger charge is 2.36. The molecule has 0 saturated carbocycles. The van der Waals surface area contributed by atoms with Gasteiger partial charge in [-0.1, -0.05) is 12.1 Å². The van der Waals surface area contributed by atoms with Gasteiger partial charge in [-0.05, 0) is 25.5 Å². The lowest BCUT2D eigenvalue weighted by atomic mass is 10.0. The molecule has 0 spiro atoms. The summed E-state index contributed by atoms with van der Waals surface area (Å²) >= 11 is 0. The number of carbonyl (C=O) groups is 1. The molecule has 1 N–H and O–H groups in total. The fourth-order valence-corrected chi connectivity index (χ4v) is 2.48.